The Labute approximate surface area is 131 Å². The molecule has 0 saturated heterocycles. The van der Waals surface area contributed by atoms with Crippen molar-refractivity contribution in [3.63, 3.8) is 0 Å². The minimum absolute atomic E-state index is 0. The van der Waals surface area contributed by atoms with Crippen LogP contribution in [0.4, 0.5) is 0 Å². The van der Waals surface area contributed by atoms with Gasteiger partial charge in [-0.2, -0.15) is 5.10 Å². The molecule has 5 nitrogen and oxygen atoms in total. The van der Waals surface area contributed by atoms with Crippen LogP contribution in [0.2, 0.25) is 0 Å². The van der Waals surface area contributed by atoms with Crippen molar-refractivity contribution >= 4 is 29.9 Å². The molecular formula is C13H22IN5. The smallest absolute Gasteiger partial charge is 0.194 e. The summed E-state index contributed by atoms with van der Waals surface area (Å²) in [4.78, 5) is 6.56. The Morgan fingerprint density at radius 3 is 2.84 bits per heavy atom. The van der Waals surface area contributed by atoms with Gasteiger partial charge in [-0.05, 0) is 18.9 Å². The van der Waals surface area contributed by atoms with Crippen LogP contribution in [0.15, 0.2) is 17.3 Å². The summed E-state index contributed by atoms with van der Waals surface area (Å²) in [5, 5.41) is 8.01. The molecule has 0 bridgehead atoms. The van der Waals surface area contributed by atoms with E-state index in [1.165, 1.54) is 25.7 Å². The van der Waals surface area contributed by atoms with E-state index in [-0.39, 0.29) is 24.0 Å². The quantitative estimate of drug-likeness (QED) is 0.823. The maximum atomic E-state index is 4.66. The third-order valence-electron chi connectivity index (χ3n) is 3.85. The highest BCUT2D eigenvalue weighted by molar-refractivity contribution is 14.0. The van der Waals surface area contributed by atoms with Crippen LogP contribution >= 0.6 is 24.0 Å². The summed E-state index contributed by atoms with van der Waals surface area (Å²) >= 11 is 0. The van der Waals surface area contributed by atoms with Crippen LogP contribution in [0.3, 0.4) is 0 Å². The molecule has 0 aromatic carbocycles. The fourth-order valence-electron chi connectivity index (χ4n) is 2.74. The van der Waals surface area contributed by atoms with E-state index in [2.05, 4.69) is 44.3 Å². The molecule has 2 heterocycles. The number of aromatic nitrogens is 2. The molecule has 1 aromatic heterocycles. The number of hydrogen-bond donors (Lipinski definition) is 1. The van der Waals surface area contributed by atoms with Crippen molar-refractivity contribution in [2.75, 3.05) is 20.1 Å². The van der Waals surface area contributed by atoms with Gasteiger partial charge in [0.1, 0.15) is 0 Å². The molecule has 0 amide bonds. The second kappa shape index (κ2) is 6.58. The standard InChI is InChI=1S/C13H21N5.HI/c1-17-9-7-14-13(17)15-10-11-6-8-18(16-11)12-4-2-3-5-12;/h6,8,12H,2-5,7,9-10H2,1H3,(H,14,15);1H. The van der Waals surface area contributed by atoms with Crippen LogP contribution in [-0.4, -0.2) is 40.8 Å². The molecule has 0 radical (unpaired) electrons. The van der Waals surface area contributed by atoms with Gasteiger partial charge in [-0.1, -0.05) is 12.8 Å². The number of likely N-dealkylation sites (N-methyl/N-ethyl adjacent to an activating group) is 1. The zero-order valence-corrected chi connectivity index (χ0v) is 13.7. The van der Waals surface area contributed by atoms with Crippen molar-refractivity contribution in [3.05, 3.63) is 18.0 Å². The zero-order valence-electron chi connectivity index (χ0n) is 11.4. The molecule has 6 heteroatoms. The van der Waals surface area contributed by atoms with Gasteiger partial charge in [-0.25, -0.2) is 0 Å². The minimum Gasteiger partial charge on any atom is -0.351 e. The van der Waals surface area contributed by atoms with Crippen molar-refractivity contribution in [1.82, 2.24) is 20.0 Å². The topological polar surface area (TPSA) is 45.5 Å². The largest absolute Gasteiger partial charge is 0.351 e. The molecule has 1 fully saturated rings. The second-order valence-corrected chi connectivity index (χ2v) is 5.21. The van der Waals surface area contributed by atoms with Crippen molar-refractivity contribution in [2.45, 2.75) is 38.3 Å². The zero-order chi connectivity index (χ0) is 12.4. The highest BCUT2D eigenvalue weighted by atomic mass is 127. The van der Waals surface area contributed by atoms with E-state index in [0.29, 0.717) is 6.04 Å². The molecule has 19 heavy (non-hydrogen) atoms. The summed E-state index contributed by atoms with van der Waals surface area (Å²) in [6.45, 7) is 2.68. The number of nitrogens with zero attached hydrogens (tertiary/aromatic N) is 4. The fraction of sp³-hybridized carbons (Fsp3) is 0.692. The summed E-state index contributed by atoms with van der Waals surface area (Å²) in [5.41, 5.74) is 1.10. The van der Waals surface area contributed by atoms with Crippen LogP contribution < -0.4 is 5.32 Å². The van der Waals surface area contributed by atoms with Crippen molar-refractivity contribution in [1.29, 1.82) is 0 Å². The van der Waals surface area contributed by atoms with E-state index in [1.54, 1.807) is 0 Å². The molecule has 1 saturated carbocycles. The summed E-state index contributed by atoms with van der Waals surface area (Å²) in [5.74, 6) is 0.991. The van der Waals surface area contributed by atoms with Crippen LogP contribution in [0.25, 0.3) is 0 Å². The second-order valence-electron chi connectivity index (χ2n) is 5.21. The molecule has 1 aliphatic carbocycles. The molecule has 106 valence electrons. The molecule has 1 N–H and O–H groups in total. The van der Waals surface area contributed by atoms with Crippen LogP contribution in [0.5, 0.6) is 0 Å². The van der Waals surface area contributed by atoms with E-state index >= 15 is 0 Å². The maximum absolute atomic E-state index is 4.66. The lowest BCUT2D eigenvalue weighted by atomic mass is 10.3. The normalized spacial score (nSPS) is 19.4. The number of halogens is 1. The Bertz CT molecular complexity index is 436. The van der Waals surface area contributed by atoms with E-state index in [9.17, 15) is 0 Å². The minimum atomic E-state index is 0. The van der Waals surface area contributed by atoms with Crippen molar-refractivity contribution in [3.8, 4) is 0 Å². The number of nitrogens with one attached hydrogen (secondary N) is 1. The third-order valence-corrected chi connectivity index (χ3v) is 3.85. The van der Waals surface area contributed by atoms with E-state index in [0.717, 1.165) is 31.3 Å². The summed E-state index contributed by atoms with van der Waals surface area (Å²) < 4.78 is 2.14. The summed E-state index contributed by atoms with van der Waals surface area (Å²) in [7, 11) is 2.07. The van der Waals surface area contributed by atoms with Gasteiger partial charge in [0.15, 0.2) is 5.96 Å². The fourth-order valence-corrected chi connectivity index (χ4v) is 2.74. The molecular weight excluding hydrogens is 353 g/mol. The van der Waals surface area contributed by atoms with Crippen LogP contribution in [0.1, 0.15) is 37.4 Å². The maximum Gasteiger partial charge on any atom is 0.194 e. The average molecular weight is 375 g/mol. The average Bonchev–Trinajstić information content (AvgIpc) is 3.08. The molecule has 1 aliphatic heterocycles. The molecule has 0 unspecified atom stereocenters. The highest BCUT2D eigenvalue weighted by Gasteiger charge is 2.18. The molecule has 0 atom stereocenters. The van der Waals surface area contributed by atoms with E-state index in [1.807, 2.05) is 0 Å². The summed E-state index contributed by atoms with van der Waals surface area (Å²) in [6, 6.07) is 2.74. The Morgan fingerprint density at radius 1 is 1.37 bits per heavy atom. The van der Waals surface area contributed by atoms with E-state index < -0.39 is 0 Å². The predicted octanol–water partition coefficient (Wildman–Crippen LogP) is 2.01. The van der Waals surface area contributed by atoms with Crippen molar-refractivity contribution in [2.24, 2.45) is 4.99 Å². The van der Waals surface area contributed by atoms with E-state index in [4.69, 9.17) is 0 Å². The lowest BCUT2D eigenvalue weighted by Gasteiger charge is -2.14. The predicted molar refractivity (Wildman–Crippen MR) is 86.9 cm³/mol. The monoisotopic (exact) mass is 375 g/mol. The first-order valence-electron chi connectivity index (χ1n) is 6.86. The number of aliphatic imine (C=N–C) groups is 1. The number of guanidine groups is 1. The van der Waals surface area contributed by atoms with Gasteiger partial charge >= 0.3 is 0 Å². The number of hydrogen-bond acceptors (Lipinski definition) is 4. The molecule has 3 rings (SSSR count). The Hall–Kier alpha value is -0.790. The first kappa shape index (κ1) is 14.6. The Kier molecular flexibility index (Phi) is 5.06. The van der Waals surface area contributed by atoms with Crippen LogP contribution in [-0.2, 0) is 6.54 Å². The number of rotatable bonds is 3. The molecule has 1 aromatic rings. The SMILES string of the molecule is CN1CCN=C1NCc1ccn(C2CCCC2)n1.I. The van der Waals surface area contributed by atoms with Crippen LogP contribution in [0, 0.1) is 0 Å². The van der Waals surface area contributed by atoms with Crippen molar-refractivity contribution < 1.29 is 0 Å². The van der Waals surface area contributed by atoms with Gasteiger partial charge in [-0.15, -0.1) is 24.0 Å². The van der Waals surface area contributed by atoms with Gasteiger partial charge < -0.3 is 10.2 Å². The third kappa shape index (κ3) is 3.40. The highest BCUT2D eigenvalue weighted by Crippen LogP contribution is 2.28. The van der Waals surface area contributed by atoms with Gasteiger partial charge in [0.05, 0.1) is 24.8 Å². The molecule has 0 spiro atoms. The first-order valence-corrected chi connectivity index (χ1v) is 6.86. The van der Waals surface area contributed by atoms with Gasteiger partial charge in [0.2, 0.25) is 0 Å². The Balaban J connectivity index is 0.00000133. The summed E-state index contributed by atoms with van der Waals surface area (Å²) in [6.07, 6.45) is 7.38. The van der Waals surface area contributed by atoms with Gasteiger partial charge in [0, 0.05) is 19.8 Å². The lowest BCUT2D eigenvalue weighted by Crippen LogP contribution is -2.35. The van der Waals surface area contributed by atoms with Gasteiger partial charge in [0.25, 0.3) is 0 Å². The van der Waals surface area contributed by atoms with Gasteiger partial charge in [-0.3, -0.25) is 9.67 Å². The Morgan fingerprint density at radius 2 is 2.16 bits per heavy atom. The lowest BCUT2D eigenvalue weighted by molar-refractivity contribution is 0.461. The molecule has 2 aliphatic rings. The first-order chi connectivity index (χ1) is 8.83.